The van der Waals surface area contributed by atoms with Crippen molar-refractivity contribution in [1.29, 1.82) is 0 Å². The van der Waals surface area contributed by atoms with Crippen molar-refractivity contribution in [3.63, 3.8) is 0 Å². The molecule has 1 N–H and O–H groups in total. The van der Waals surface area contributed by atoms with E-state index in [2.05, 4.69) is 30.2 Å². The number of hydrogen-bond acceptors (Lipinski definition) is 7. The fraction of sp³-hybridized carbons (Fsp3) is 0.350. The maximum absolute atomic E-state index is 13.6. The number of rotatable bonds is 4. The van der Waals surface area contributed by atoms with E-state index in [4.69, 9.17) is 0 Å². The minimum atomic E-state index is -4.59. The number of hydrogen-bond donors (Lipinski definition) is 1. The Morgan fingerprint density at radius 1 is 1.03 bits per heavy atom. The highest BCUT2D eigenvalue weighted by Crippen LogP contribution is 2.29. The van der Waals surface area contributed by atoms with E-state index in [-0.39, 0.29) is 23.4 Å². The molecule has 0 aliphatic carbocycles. The normalized spacial score (nSPS) is 15.2. The molecule has 4 rings (SSSR count). The molecule has 0 saturated carbocycles. The van der Waals surface area contributed by atoms with E-state index >= 15 is 0 Å². The van der Waals surface area contributed by atoms with Crippen LogP contribution in [-0.4, -0.2) is 44.2 Å². The Hall–Kier alpha value is -3.37. The average molecular weight is 433 g/mol. The summed E-state index contributed by atoms with van der Waals surface area (Å²) in [5.41, 5.74) is 0.358. The number of piperidine rings is 1. The standard InChI is InChI=1S/C20H19F4N7/c1-12-11-14(5-8-25-12)26-18-28-17(15-3-2-4-16(27-15)20(22,23)24)29-19(30-18)31-9-6-13(21)7-10-31/h2-5,8,11,13H,6-7,9-10H2,1H3,(H,25,26,28,29,30). The molecule has 4 heterocycles. The maximum atomic E-state index is 13.6. The van der Waals surface area contributed by atoms with Crippen LogP contribution in [0, 0.1) is 6.92 Å². The molecule has 0 spiro atoms. The lowest BCUT2D eigenvalue weighted by atomic mass is 10.1. The highest BCUT2D eigenvalue weighted by Gasteiger charge is 2.33. The Morgan fingerprint density at radius 2 is 1.81 bits per heavy atom. The summed E-state index contributed by atoms with van der Waals surface area (Å²) in [7, 11) is 0. The maximum Gasteiger partial charge on any atom is 0.433 e. The molecule has 0 atom stereocenters. The van der Waals surface area contributed by atoms with Crippen LogP contribution < -0.4 is 10.2 Å². The Bertz CT molecular complexity index is 1070. The summed E-state index contributed by atoms with van der Waals surface area (Å²) < 4.78 is 52.9. The molecule has 11 heteroatoms. The summed E-state index contributed by atoms with van der Waals surface area (Å²) in [6.07, 6.45) is -3.21. The number of nitrogens with one attached hydrogen (secondary N) is 1. The Morgan fingerprint density at radius 3 is 2.52 bits per heavy atom. The summed E-state index contributed by atoms with van der Waals surface area (Å²) in [6, 6.07) is 7.04. The topological polar surface area (TPSA) is 79.7 Å². The van der Waals surface area contributed by atoms with Crippen molar-refractivity contribution in [2.45, 2.75) is 32.1 Å². The number of pyridine rings is 2. The second kappa shape index (κ2) is 8.40. The first kappa shape index (κ1) is 20.9. The monoisotopic (exact) mass is 433 g/mol. The number of anilines is 3. The van der Waals surface area contributed by atoms with Gasteiger partial charge in [0.1, 0.15) is 17.6 Å². The van der Waals surface area contributed by atoms with Crippen molar-refractivity contribution >= 4 is 17.6 Å². The van der Waals surface area contributed by atoms with Gasteiger partial charge >= 0.3 is 6.18 Å². The second-order valence-electron chi connectivity index (χ2n) is 7.16. The fourth-order valence-electron chi connectivity index (χ4n) is 3.19. The van der Waals surface area contributed by atoms with Crippen molar-refractivity contribution in [2.75, 3.05) is 23.3 Å². The first-order valence-electron chi connectivity index (χ1n) is 9.67. The highest BCUT2D eigenvalue weighted by atomic mass is 19.4. The van der Waals surface area contributed by atoms with Crippen molar-refractivity contribution in [1.82, 2.24) is 24.9 Å². The predicted octanol–water partition coefficient (Wildman–Crippen LogP) is 4.34. The second-order valence-corrected chi connectivity index (χ2v) is 7.16. The van der Waals surface area contributed by atoms with Gasteiger partial charge in [0.15, 0.2) is 5.82 Å². The minimum absolute atomic E-state index is 0.00764. The molecule has 0 amide bonds. The van der Waals surface area contributed by atoms with Crippen LogP contribution >= 0.6 is 0 Å². The lowest BCUT2D eigenvalue weighted by molar-refractivity contribution is -0.141. The van der Waals surface area contributed by atoms with Gasteiger partial charge in [-0.15, -0.1) is 0 Å². The Kier molecular flexibility index (Phi) is 5.66. The smallest absolute Gasteiger partial charge is 0.340 e. The van der Waals surface area contributed by atoms with Gasteiger partial charge in [-0.1, -0.05) is 6.07 Å². The molecular formula is C20H19F4N7. The Balaban J connectivity index is 1.74. The zero-order chi connectivity index (χ0) is 22.0. The van der Waals surface area contributed by atoms with Crippen molar-refractivity contribution < 1.29 is 17.6 Å². The van der Waals surface area contributed by atoms with Crippen molar-refractivity contribution in [3.05, 3.63) is 47.9 Å². The van der Waals surface area contributed by atoms with E-state index in [9.17, 15) is 17.6 Å². The first-order chi connectivity index (χ1) is 14.8. The molecule has 3 aromatic heterocycles. The van der Waals surface area contributed by atoms with Crippen LogP contribution in [0.15, 0.2) is 36.5 Å². The predicted molar refractivity (Wildman–Crippen MR) is 107 cm³/mol. The van der Waals surface area contributed by atoms with E-state index in [1.54, 1.807) is 23.2 Å². The molecule has 3 aromatic rings. The molecule has 0 bridgehead atoms. The summed E-state index contributed by atoms with van der Waals surface area (Å²) in [5.74, 6) is 0.392. The van der Waals surface area contributed by atoms with Gasteiger partial charge in [0.05, 0.1) is 0 Å². The molecule has 0 radical (unpaired) electrons. The third kappa shape index (κ3) is 5.04. The lowest BCUT2D eigenvalue weighted by Gasteiger charge is -2.28. The number of aryl methyl sites for hydroxylation is 1. The molecule has 0 unspecified atom stereocenters. The van der Waals surface area contributed by atoms with Gasteiger partial charge < -0.3 is 10.2 Å². The summed E-state index contributed by atoms with van der Waals surface area (Å²) in [6.45, 7) is 2.62. The Labute approximate surface area is 175 Å². The zero-order valence-electron chi connectivity index (χ0n) is 16.6. The number of halogens is 4. The summed E-state index contributed by atoms with van der Waals surface area (Å²) in [4.78, 5) is 22.6. The SMILES string of the molecule is Cc1cc(Nc2nc(-c3cccc(C(F)(F)F)n3)nc(N3CCC(F)CC3)n2)ccn1. The van der Waals surface area contributed by atoms with E-state index in [1.807, 2.05) is 6.92 Å². The largest absolute Gasteiger partial charge is 0.433 e. The summed E-state index contributed by atoms with van der Waals surface area (Å²) >= 11 is 0. The van der Waals surface area contributed by atoms with Gasteiger partial charge in [-0.05, 0) is 44.0 Å². The van der Waals surface area contributed by atoms with Crippen LogP contribution in [-0.2, 0) is 6.18 Å². The van der Waals surface area contributed by atoms with Crippen LogP contribution in [0.2, 0.25) is 0 Å². The number of aromatic nitrogens is 5. The van der Waals surface area contributed by atoms with Crippen LogP contribution in [0.25, 0.3) is 11.5 Å². The highest BCUT2D eigenvalue weighted by molar-refractivity contribution is 5.59. The molecule has 1 aliphatic rings. The van der Waals surface area contributed by atoms with Gasteiger partial charge in [0.2, 0.25) is 11.9 Å². The number of alkyl halides is 4. The minimum Gasteiger partial charge on any atom is -0.340 e. The van der Waals surface area contributed by atoms with Crippen LogP contribution in [0.5, 0.6) is 0 Å². The summed E-state index contributed by atoms with van der Waals surface area (Å²) in [5, 5.41) is 3.04. The van der Waals surface area contributed by atoms with Gasteiger partial charge in [-0.3, -0.25) is 4.98 Å². The molecule has 0 aromatic carbocycles. The third-order valence-electron chi connectivity index (χ3n) is 4.75. The lowest BCUT2D eigenvalue weighted by Crippen LogP contribution is -2.35. The van der Waals surface area contributed by atoms with E-state index < -0.39 is 18.0 Å². The van der Waals surface area contributed by atoms with Gasteiger partial charge in [-0.25, -0.2) is 9.37 Å². The van der Waals surface area contributed by atoms with Gasteiger partial charge in [-0.2, -0.15) is 28.1 Å². The van der Waals surface area contributed by atoms with E-state index in [0.717, 1.165) is 11.8 Å². The molecule has 1 saturated heterocycles. The van der Waals surface area contributed by atoms with E-state index in [0.29, 0.717) is 31.6 Å². The van der Waals surface area contributed by atoms with Gasteiger partial charge in [0, 0.05) is 30.7 Å². The molecular weight excluding hydrogens is 414 g/mol. The number of nitrogens with zero attached hydrogens (tertiary/aromatic N) is 6. The van der Waals surface area contributed by atoms with Gasteiger partial charge in [0.25, 0.3) is 0 Å². The molecule has 1 fully saturated rings. The molecule has 162 valence electrons. The fourth-order valence-corrected chi connectivity index (χ4v) is 3.19. The molecule has 7 nitrogen and oxygen atoms in total. The average Bonchev–Trinajstić information content (AvgIpc) is 2.73. The van der Waals surface area contributed by atoms with Crippen LogP contribution in [0.4, 0.5) is 35.1 Å². The van der Waals surface area contributed by atoms with Crippen molar-refractivity contribution in [3.8, 4) is 11.5 Å². The van der Waals surface area contributed by atoms with E-state index in [1.165, 1.54) is 12.1 Å². The quantitative estimate of drug-likeness (QED) is 0.613. The van der Waals surface area contributed by atoms with Crippen LogP contribution in [0.3, 0.4) is 0 Å². The molecule has 31 heavy (non-hydrogen) atoms. The molecule has 1 aliphatic heterocycles. The first-order valence-corrected chi connectivity index (χ1v) is 9.67. The van der Waals surface area contributed by atoms with Crippen molar-refractivity contribution in [2.24, 2.45) is 0 Å². The zero-order valence-corrected chi connectivity index (χ0v) is 16.6. The third-order valence-corrected chi connectivity index (χ3v) is 4.75. The van der Waals surface area contributed by atoms with Crippen LogP contribution in [0.1, 0.15) is 24.2 Å².